The van der Waals surface area contributed by atoms with E-state index in [4.69, 9.17) is 4.74 Å². The third-order valence-electron chi connectivity index (χ3n) is 17.4. The van der Waals surface area contributed by atoms with E-state index in [0.717, 1.165) is 4.90 Å². The van der Waals surface area contributed by atoms with Crippen LogP contribution in [0, 0.1) is 41.4 Å². The van der Waals surface area contributed by atoms with Gasteiger partial charge in [-0.25, -0.2) is 0 Å². The van der Waals surface area contributed by atoms with Crippen LogP contribution in [0.4, 0.5) is 0 Å². The number of nitrogens with one attached hydrogen (secondary N) is 5. The lowest BCUT2D eigenvalue weighted by Gasteiger charge is -2.40. The van der Waals surface area contributed by atoms with Crippen molar-refractivity contribution in [2.45, 2.75) is 216 Å². The molecular weight excluding hydrogens is 1160 g/mol. The van der Waals surface area contributed by atoms with E-state index >= 15 is 4.79 Å². The van der Waals surface area contributed by atoms with E-state index in [1.807, 2.05) is 48.5 Å². The van der Waals surface area contributed by atoms with Gasteiger partial charge in [0.05, 0.1) is 25.9 Å². The second-order valence-electron chi connectivity index (χ2n) is 27.2. The molecule has 25 nitrogen and oxygen atoms in total. The number of hydrogen-bond donors (Lipinski definition) is 6. The molecule has 0 unspecified atom stereocenters. The van der Waals surface area contributed by atoms with E-state index in [-0.39, 0.29) is 43.4 Å². The Morgan fingerprint density at radius 3 is 1.50 bits per heavy atom. The van der Waals surface area contributed by atoms with Crippen LogP contribution in [0.25, 0.3) is 0 Å². The molecular formula is C65H116N12O13. The van der Waals surface area contributed by atoms with E-state index in [1.54, 1.807) is 60.6 Å². The molecule has 0 spiro atoms. The van der Waals surface area contributed by atoms with Gasteiger partial charge in [0.2, 0.25) is 65.0 Å². The van der Waals surface area contributed by atoms with Gasteiger partial charge in [0, 0.05) is 55.4 Å². The van der Waals surface area contributed by atoms with Crippen LogP contribution in [0.5, 0.6) is 0 Å². The van der Waals surface area contributed by atoms with Crippen LogP contribution in [0.2, 0.25) is 0 Å². The van der Waals surface area contributed by atoms with Crippen molar-refractivity contribution in [3.8, 4) is 0 Å². The molecule has 90 heavy (non-hydrogen) atoms. The van der Waals surface area contributed by atoms with Gasteiger partial charge in [-0.15, -0.1) is 0 Å². The van der Waals surface area contributed by atoms with Crippen molar-refractivity contribution in [1.29, 1.82) is 0 Å². The summed E-state index contributed by atoms with van der Waals surface area (Å²) in [6, 6.07) is -12.6. The van der Waals surface area contributed by atoms with Gasteiger partial charge in [-0.3, -0.25) is 57.6 Å². The Morgan fingerprint density at radius 2 is 1.00 bits per heavy atom. The lowest BCUT2D eigenvalue weighted by Crippen LogP contribution is -2.63. The zero-order valence-corrected chi connectivity index (χ0v) is 58.5. The van der Waals surface area contributed by atoms with Gasteiger partial charge < -0.3 is 65.8 Å². The molecule has 0 aromatic heterocycles. The number of ether oxygens (including phenoxy) is 1. The maximum Gasteiger partial charge on any atom is 0.245 e. The van der Waals surface area contributed by atoms with Crippen LogP contribution in [0.15, 0.2) is 12.2 Å². The summed E-state index contributed by atoms with van der Waals surface area (Å²) in [4.78, 5) is 171. The van der Waals surface area contributed by atoms with E-state index in [2.05, 4.69) is 31.5 Å². The normalized spacial score (nSPS) is 27.5. The molecule has 514 valence electrons. The molecule has 2 aliphatic heterocycles. The maximum atomic E-state index is 15.1. The Kier molecular flexibility index (Phi) is 33.1. The van der Waals surface area contributed by atoms with Crippen molar-refractivity contribution in [3.63, 3.8) is 0 Å². The van der Waals surface area contributed by atoms with Crippen molar-refractivity contribution in [2.24, 2.45) is 41.4 Å². The molecule has 0 aromatic rings. The molecule has 13 atom stereocenters. The lowest BCUT2D eigenvalue weighted by molar-refractivity contribution is -0.154. The third kappa shape index (κ3) is 22.9. The Morgan fingerprint density at radius 1 is 0.522 bits per heavy atom. The first-order valence-electron chi connectivity index (χ1n) is 32.5. The largest absolute Gasteiger partial charge is 0.390 e. The van der Waals surface area contributed by atoms with Crippen LogP contribution in [0.3, 0.4) is 0 Å². The summed E-state index contributed by atoms with van der Waals surface area (Å²) in [6.07, 6.45) is 3.24. The number of morpholine rings is 1. The standard InChI is InChI=1S/C65H116N12O13/c1-23-25-26-43(14)55(79)52-58(82)68-46(24-2)62(86)71(17)36-50(78)75(21)54(42(13)27-28-77-29-31-90-32-30-77)60(84)69-51(40(9)10)65(89)72(18)47(33-37(3)4)57(81)66-44(15)56(80)67-45(16)61(85)73(19)48(34-38(5)6)63(87)74(20)49(35-39(7)8)64(88)76(22)53(41(11)12)59(83)70-52/h23,25,37-49,51-55,79H,24,26-36H2,1-22H3,(H,66,81)(H,67,80)(H,68,82)(H,69,84)(H,70,83)/b25-23+/t42-,43-,44+,45-,46+,47+,48+,49+,51+,52+,53+,54+,55-/m1/s1. The number of nitrogens with zero attached hydrogens (tertiary/aromatic N) is 7. The smallest absolute Gasteiger partial charge is 0.245 e. The van der Waals surface area contributed by atoms with E-state index in [1.165, 1.54) is 80.6 Å². The average molecular weight is 1270 g/mol. The monoisotopic (exact) mass is 1270 g/mol. The molecule has 0 radical (unpaired) electrons. The van der Waals surface area contributed by atoms with Crippen molar-refractivity contribution < 1.29 is 62.6 Å². The summed E-state index contributed by atoms with van der Waals surface area (Å²) in [5.41, 5.74) is 0. The predicted octanol–water partition coefficient (Wildman–Crippen LogP) is 2.24. The Balaban J connectivity index is 2.96. The minimum Gasteiger partial charge on any atom is -0.390 e. The fourth-order valence-corrected chi connectivity index (χ4v) is 11.6. The molecule has 2 fully saturated rings. The zero-order chi connectivity index (χ0) is 68.9. The van der Waals surface area contributed by atoms with E-state index in [0.29, 0.717) is 45.7 Å². The SMILES string of the molecule is C/C=C/C[C@@H](C)[C@@H](O)[C@@H]1NC(=O)[C@H](C(C)C)N(C)C(=O)[C@H](CC(C)C)N(C)C(=O)[C@H](CC(C)C)N(C)C(=O)[C@@H](C)NC(=O)[C@H](C)NC(=O)[C@H](CC(C)C)N(C)C(=O)[C@H](C(C)C)NC(=O)[C@H]([C@H](C)CCN2CCOCC2)N(C)C(=O)CN(C)C(=O)[C@H](CC)NC1=O. The number of allylic oxidation sites excluding steroid dienone is 2. The van der Waals surface area contributed by atoms with E-state index in [9.17, 15) is 53.1 Å². The van der Waals surface area contributed by atoms with Gasteiger partial charge in [-0.05, 0) is 107 Å². The second kappa shape index (κ2) is 37.3. The minimum absolute atomic E-state index is 0.0105. The van der Waals surface area contributed by atoms with Crippen LogP contribution in [-0.2, 0) is 57.5 Å². The molecule has 2 rings (SSSR count). The quantitative estimate of drug-likeness (QED) is 0.114. The lowest BCUT2D eigenvalue weighted by atomic mass is 9.92. The molecule has 2 heterocycles. The zero-order valence-electron chi connectivity index (χ0n) is 58.5. The fraction of sp³-hybridized carbons (Fsp3) is 0.800. The van der Waals surface area contributed by atoms with E-state index < -0.39 is 162 Å². The first-order valence-corrected chi connectivity index (χ1v) is 32.5. The van der Waals surface area contributed by atoms with Crippen LogP contribution < -0.4 is 26.6 Å². The summed E-state index contributed by atoms with van der Waals surface area (Å²) in [5.74, 6) is -10.3. The van der Waals surface area contributed by atoms with Crippen molar-refractivity contribution >= 4 is 65.0 Å². The Labute approximate surface area is 537 Å². The molecule has 11 amide bonds. The van der Waals surface area contributed by atoms with Gasteiger partial charge in [-0.1, -0.05) is 102 Å². The molecule has 0 aliphatic carbocycles. The van der Waals surface area contributed by atoms with Crippen LogP contribution in [0.1, 0.15) is 149 Å². The number of aliphatic hydroxyl groups is 1. The van der Waals surface area contributed by atoms with Crippen molar-refractivity contribution in [2.75, 3.05) is 81.7 Å². The maximum absolute atomic E-state index is 15.1. The molecule has 0 aromatic carbocycles. The summed E-state index contributed by atoms with van der Waals surface area (Å²) in [5, 5.41) is 25.8. The summed E-state index contributed by atoms with van der Waals surface area (Å²) in [6.45, 7) is 30.3. The number of hydrogen-bond acceptors (Lipinski definition) is 14. The summed E-state index contributed by atoms with van der Waals surface area (Å²) >= 11 is 0. The van der Waals surface area contributed by atoms with Gasteiger partial charge in [-0.2, -0.15) is 0 Å². The van der Waals surface area contributed by atoms with Gasteiger partial charge in [0.15, 0.2) is 0 Å². The number of aliphatic hydroxyl groups excluding tert-OH is 1. The molecule has 2 aliphatic rings. The van der Waals surface area contributed by atoms with Crippen molar-refractivity contribution in [3.05, 3.63) is 12.2 Å². The second-order valence-corrected chi connectivity index (χ2v) is 27.2. The highest BCUT2D eigenvalue weighted by Gasteiger charge is 2.44. The highest BCUT2D eigenvalue weighted by molar-refractivity contribution is 5.99. The van der Waals surface area contributed by atoms with Crippen molar-refractivity contribution in [1.82, 2.24) is 60.9 Å². The van der Waals surface area contributed by atoms with Gasteiger partial charge in [0.1, 0.15) is 60.4 Å². The third-order valence-corrected chi connectivity index (χ3v) is 17.4. The number of carbonyl (C=O) groups is 11. The molecule has 25 heteroatoms. The van der Waals surface area contributed by atoms with Crippen LogP contribution >= 0.6 is 0 Å². The predicted molar refractivity (Wildman–Crippen MR) is 345 cm³/mol. The molecule has 0 bridgehead atoms. The first kappa shape index (κ1) is 79.9. The molecule has 0 saturated carbocycles. The number of rotatable bonds is 17. The van der Waals surface area contributed by atoms with Gasteiger partial charge >= 0.3 is 0 Å². The average Bonchev–Trinajstić information content (AvgIpc) is 1.04. The fourth-order valence-electron chi connectivity index (χ4n) is 11.6. The topological polar surface area (TPSA) is 300 Å². The number of likely N-dealkylation sites (N-methyl/N-ethyl adjacent to an activating group) is 6. The number of carbonyl (C=O) groups excluding carboxylic acids is 11. The Bertz CT molecular complexity index is 2450. The van der Waals surface area contributed by atoms with Gasteiger partial charge in [0.25, 0.3) is 0 Å². The highest BCUT2D eigenvalue weighted by atomic mass is 16.5. The Hall–Kier alpha value is -6.21. The first-order chi connectivity index (χ1) is 41.9. The van der Waals surface area contributed by atoms with Crippen LogP contribution in [-0.4, -0.2) is 253 Å². The highest BCUT2D eigenvalue weighted by Crippen LogP contribution is 2.25. The molecule has 6 N–H and O–H groups in total. The summed E-state index contributed by atoms with van der Waals surface area (Å²) < 4.78 is 5.55. The number of amides is 11. The molecule has 2 saturated heterocycles. The summed E-state index contributed by atoms with van der Waals surface area (Å²) in [7, 11) is 8.59. The minimum atomic E-state index is -1.67.